The second-order valence-corrected chi connectivity index (χ2v) is 4.97. The highest BCUT2D eigenvalue weighted by Gasteiger charge is 2.35. The molecule has 0 aliphatic carbocycles. The van der Waals surface area contributed by atoms with Gasteiger partial charge in [0.1, 0.15) is 5.75 Å². The Morgan fingerprint density at radius 2 is 2.06 bits per heavy atom. The summed E-state index contributed by atoms with van der Waals surface area (Å²) < 4.78 is 4.82. The number of carbonyl (C=O) groups is 1. The fourth-order valence-corrected chi connectivity index (χ4v) is 2.51. The molecule has 1 aromatic carbocycles. The van der Waals surface area contributed by atoms with E-state index >= 15 is 0 Å². The lowest BCUT2D eigenvalue weighted by atomic mass is 9.99. The Kier molecular flexibility index (Phi) is 3.87. The van der Waals surface area contributed by atoms with Crippen molar-refractivity contribution in [2.75, 3.05) is 20.2 Å². The molecular formula is C14H19NO3. The monoisotopic (exact) mass is 249 g/mol. The minimum Gasteiger partial charge on any atom is -0.508 e. The van der Waals surface area contributed by atoms with Crippen molar-refractivity contribution in [2.45, 2.75) is 13.5 Å². The molecule has 1 aliphatic rings. The summed E-state index contributed by atoms with van der Waals surface area (Å²) in [6.45, 7) is 4.53. The van der Waals surface area contributed by atoms with Crippen LogP contribution >= 0.6 is 0 Å². The first-order valence-corrected chi connectivity index (χ1v) is 6.18. The lowest BCUT2D eigenvalue weighted by molar-refractivity contribution is -0.146. The predicted octanol–water partition coefficient (Wildman–Crippen LogP) is 1.63. The van der Waals surface area contributed by atoms with E-state index in [0.29, 0.717) is 5.92 Å². The molecule has 2 unspecified atom stereocenters. The first-order valence-electron chi connectivity index (χ1n) is 6.18. The highest BCUT2D eigenvalue weighted by molar-refractivity contribution is 5.73. The standard InChI is InChI=1S/C14H19NO3/c1-10-7-15(9-13(10)14(17)18-2)8-11-3-5-12(16)6-4-11/h3-6,10,13,16H,7-9H2,1-2H3. The van der Waals surface area contributed by atoms with Gasteiger partial charge in [0.25, 0.3) is 0 Å². The number of nitrogens with zero attached hydrogens (tertiary/aromatic N) is 1. The molecule has 2 atom stereocenters. The van der Waals surface area contributed by atoms with Crippen LogP contribution in [0, 0.1) is 11.8 Å². The van der Waals surface area contributed by atoms with Gasteiger partial charge in [-0.3, -0.25) is 9.69 Å². The zero-order valence-corrected chi connectivity index (χ0v) is 10.8. The molecule has 2 rings (SSSR count). The lowest BCUT2D eigenvalue weighted by Gasteiger charge is -2.15. The number of phenols is 1. The molecule has 18 heavy (non-hydrogen) atoms. The van der Waals surface area contributed by atoms with E-state index < -0.39 is 0 Å². The molecule has 98 valence electrons. The first-order chi connectivity index (χ1) is 8.60. The number of methoxy groups -OCH3 is 1. The molecule has 1 heterocycles. The quantitative estimate of drug-likeness (QED) is 0.827. The SMILES string of the molecule is COC(=O)C1CN(Cc2ccc(O)cc2)CC1C. The zero-order valence-electron chi connectivity index (χ0n) is 10.8. The summed E-state index contributed by atoms with van der Waals surface area (Å²) in [5.74, 6) is 0.471. The van der Waals surface area contributed by atoms with Gasteiger partial charge in [-0.25, -0.2) is 0 Å². The van der Waals surface area contributed by atoms with Gasteiger partial charge in [0.15, 0.2) is 0 Å². The van der Waals surface area contributed by atoms with Gasteiger partial charge in [-0.1, -0.05) is 19.1 Å². The molecule has 1 N–H and O–H groups in total. The summed E-state index contributed by atoms with van der Waals surface area (Å²) in [5.41, 5.74) is 1.14. The largest absolute Gasteiger partial charge is 0.508 e. The average molecular weight is 249 g/mol. The fourth-order valence-electron chi connectivity index (χ4n) is 2.51. The molecular weight excluding hydrogens is 230 g/mol. The third-order valence-electron chi connectivity index (χ3n) is 3.53. The smallest absolute Gasteiger partial charge is 0.310 e. The summed E-state index contributed by atoms with van der Waals surface area (Å²) in [6, 6.07) is 7.19. The Morgan fingerprint density at radius 1 is 1.39 bits per heavy atom. The average Bonchev–Trinajstić information content (AvgIpc) is 2.72. The number of esters is 1. The van der Waals surface area contributed by atoms with Gasteiger partial charge in [0.05, 0.1) is 13.0 Å². The number of phenolic OH excluding ortho intramolecular Hbond substituents is 1. The summed E-state index contributed by atoms with van der Waals surface area (Å²) in [7, 11) is 1.44. The molecule has 0 spiro atoms. The summed E-state index contributed by atoms with van der Waals surface area (Å²) in [6.07, 6.45) is 0. The van der Waals surface area contributed by atoms with Crippen LogP contribution in [0.15, 0.2) is 24.3 Å². The molecule has 1 aromatic rings. The van der Waals surface area contributed by atoms with Gasteiger partial charge in [0.2, 0.25) is 0 Å². The third kappa shape index (κ3) is 2.82. The number of hydrogen-bond acceptors (Lipinski definition) is 4. The van der Waals surface area contributed by atoms with Crippen LogP contribution in [0.1, 0.15) is 12.5 Å². The van der Waals surface area contributed by atoms with Gasteiger partial charge in [-0.05, 0) is 23.6 Å². The molecule has 0 saturated carbocycles. The van der Waals surface area contributed by atoms with Crippen LogP contribution in [-0.2, 0) is 16.1 Å². The molecule has 4 heteroatoms. The maximum absolute atomic E-state index is 11.6. The highest BCUT2D eigenvalue weighted by Crippen LogP contribution is 2.25. The van der Waals surface area contributed by atoms with Crippen molar-refractivity contribution >= 4 is 5.97 Å². The highest BCUT2D eigenvalue weighted by atomic mass is 16.5. The number of ether oxygens (including phenoxy) is 1. The molecule has 0 aromatic heterocycles. The zero-order chi connectivity index (χ0) is 13.1. The normalized spacial score (nSPS) is 24.1. The Bertz CT molecular complexity index is 416. The van der Waals surface area contributed by atoms with Crippen molar-refractivity contribution in [3.63, 3.8) is 0 Å². The van der Waals surface area contributed by atoms with E-state index in [1.165, 1.54) is 7.11 Å². The predicted molar refractivity (Wildman–Crippen MR) is 68.1 cm³/mol. The topological polar surface area (TPSA) is 49.8 Å². The number of hydrogen-bond donors (Lipinski definition) is 1. The Morgan fingerprint density at radius 3 is 2.67 bits per heavy atom. The van der Waals surface area contributed by atoms with Gasteiger partial charge in [-0.2, -0.15) is 0 Å². The van der Waals surface area contributed by atoms with Crippen molar-refractivity contribution < 1.29 is 14.6 Å². The van der Waals surface area contributed by atoms with Crippen LogP contribution in [0.5, 0.6) is 5.75 Å². The molecule has 0 radical (unpaired) electrons. The van der Waals surface area contributed by atoms with Crippen molar-refractivity contribution in [3.8, 4) is 5.75 Å². The minimum absolute atomic E-state index is 0.0212. The molecule has 1 saturated heterocycles. The van der Waals surface area contributed by atoms with E-state index in [1.807, 2.05) is 12.1 Å². The second-order valence-electron chi connectivity index (χ2n) is 4.97. The van der Waals surface area contributed by atoms with Crippen molar-refractivity contribution in [1.29, 1.82) is 0 Å². The van der Waals surface area contributed by atoms with E-state index in [-0.39, 0.29) is 17.6 Å². The van der Waals surface area contributed by atoms with Crippen LogP contribution in [0.2, 0.25) is 0 Å². The number of rotatable bonds is 3. The van der Waals surface area contributed by atoms with Gasteiger partial charge in [-0.15, -0.1) is 0 Å². The third-order valence-corrected chi connectivity index (χ3v) is 3.53. The summed E-state index contributed by atoms with van der Waals surface area (Å²) in [4.78, 5) is 13.8. The van der Waals surface area contributed by atoms with E-state index in [4.69, 9.17) is 4.74 Å². The van der Waals surface area contributed by atoms with Crippen LogP contribution in [0.4, 0.5) is 0 Å². The fraction of sp³-hybridized carbons (Fsp3) is 0.500. The number of carbonyl (C=O) groups excluding carboxylic acids is 1. The first kappa shape index (κ1) is 12.9. The van der Waals surface area contributed by atoms with E-state index in [2.05, 4.69) is 11.8 Å². The number of benzene rings is 1. The Balaban J connectivity index is 1.96. The molecule has 4 nitrogen and oxygen atoms in total. The molecule has 1 fully saturated rings. The molecule has 0 bridgehead atoms. The van der Waals surface area contributed by atoms with Crippen LogP contribution < -0.4 is 0 Å². The Labute approximate surface area is 107 Å². The number of aromatic hydroxyl groups is 1. The van der Waals surface area contributed by atoms with Crippen molar-refractivity contribution in [3.05, 3.63) is 29.8 Å². The van der Waals surface area contributed by atoms with Gasteiger partial charge < -0.3 is 9.84 Å². The second kappa shape index (κ2) is 5.40. The van der Waals surface area contributed by atoms with Gasteiger partial charge >= 0.3 is 5.97 Å². The van der Waals surface area contributed by atoms with Gasteiger partial charge in [0, 0.05) is 19.6 Å². The number of likely N-dealkylation sites (tertiary alicyclic amines) is 1. The van der Waals surface area contributed by atoms with Crippen molar-refractivity contribution in [1.82, 2.24) is 4.90 Å². The van der Waals surface area contributed by atoms with Crippen LogP contribution in [0.25, 0.3) is 0 Å². The van der Waals surface area contributed by atoms with E-state index in [0.717, 1.165) is 25.2 Å². The molecule has 0 amide bonds. The van der Waals surface area contributed by atoms with Crippen LogP contribution in [0.3, 0.4) is 0 Å². The van der Waals surface area contributed by atoms with E-state index in [9.17, 15) is 9.90 Å². The maximum Gasteiger partial charge on any atom is 0.310 e. The minimum atomic E-state index is -0.115. The Hall–Kier alpha value is -1.55. The molecule has 1 aliphatic heterocycles. The van der Waals surface area contributed by atoms with Crippen LogP contribution in [-0.4, -0.2) is 36.2 Å². The summed E-state index contributed by atoms with van der Waals surface area (Å²) in [5, 5.41) is 9.23. The van der Waals surface area contributed by atoms with E-state index in [1.54, 1.807) is 12.1 Å². The maximum atomic E-state index is 11.6. The summed E-state index contributed by atoms with van der Waals surface area (Å²) >= 11 is 0. The van der Waals surface area contributed by atoms with Crippen molar-refractivity contribution in [2.24, 2.45) is 11.8 Å². The lowest BCUT2D eigenvalue weighted by Crippen LogP contribution is -2.24.